The summed E-state index contributed by atoms with van der Waals surface area (Å²) < 4.78 is 9.88. The molecule has 0 aromatic carbocycles. The standard InChI is InChI=1S/C10H20N2O.C5H10O2/c1-3-11-4-2-10(1)9-12-5-7-13-8-6-12;1-5(2,3)7-4-6/h10-11H,1-9H2;4H,1-3H3. The number of nitrogens with zero attached hydrogens (tertiary/aromatic N) is 1. The van der Waals surface area contributed by atoms with Gasteiger partial charge in [-0.1, -0.05) is 0 Å². The van der Waals surface area contributed by atoms with Crippen LogP contribution in [0.3, 0.4) is 0 Å². The van der Waals surface area contributed by atoms with Crippen molar-refractivity contribution in [3.05, 3.63) is 0 Å². The average molecular weight is 286 g/mol. The highest BCUT2D eigenvalue weighted by Gasteiger charge is 2.18. The number of nitrogens with one attached hydrogen (secondary N) is 1. The van der Waals surface area contributed by atoms with Gasteiger partial charge in [-0.15, -0.1) is 0 Å². The van der Waals surface area contributed by atoms with Crippen LogP contribution in [0.5, 0.6) is 0 Å². The number of rotatable bonds is 3. The molecule has 0 aromatic rings. The first-order chi connectivity index (χ1) is 9.51. The lowest BCUT2D eigenvalue weighted by Gasteiger charge is -2.32. The Bertz CT molecular complexity index is 238. The third-order valence-electron chi connectivity index (χ3n) is 3.48. The quantitative estimate of drug-likeness (QED) is 0.792. The molecule has 5 nitrogen and oxygen atoms in total. The van der Waals surface area contributed by atoms with Crippen molar-refractivity contribution in [1.29, 1.82) is 0 Å². The Morgan fingerprint density at radius 3 is 2.30 bits per heavy atom. The van der Waals surface area contributed by atoms with Crippen molar-refractivity contribution in [3.8, 4) is 0 Å². The van der Waals surface area contributed by atoms with Crippen molar-refractivity contribution in [2.45, 2.75) is 39.2 Å². The predicted molar refractivity (Wildman–Crippen MR) is 79.8 cm³/mol. The molecule has 5 heteroatoms. The molecule has 0 atom stereocenters. The van der Waals surface area contributed by atoms with Crippen LogP contribution in [0.1, 0.15) is 33.6 Å². The van der Waals surface area contributed by atoms with E-state index in [1.54, 1.807) is 0 Å². The molecule has 20 heavy (non-hydrogen) atoms. The van der Waals surface area contributed by atoms with Crippen molar-refractivity contribution < 1.29 is 14.3 Å². The summed E-state index contributed by atoms with van der Waals surface area (Å²) in [5.41, 5.74) is -0.318. The fraction of sp³-hybridized carbons (Fsp3) is 0.933. The normalized spacial score (nSPS) is 21.8. The minimum atomic E-state index is -0.318. The molecule has 118 valence electrons. The van der Waals surface area contributed by atoms with E-state index in [0.717, 1.165) is 32.2 Å². The third kappa shape index (κ3) is 8.51. The van der Waals surface area contributed by atoms with Gasteiger partial charge in [0.1, 0.15) is 5.60 Å². The van der Waals surface area contributed by atoms with E-state index in [1.165, 1.54) is 32.5 Å². The van der Waals surface area contributed by atoms with Gasteiger partial charge in [0.05, 0.1) is 13.2 Å². The summed E-state index contributed by atoms with van der Waals surface area (Å²) in [6, 6.07) is 0. The zero-order chi connectivity index (χ0) is 14.8. The zero-order valence-corrected chi connectivity index (χ0v) is 13.2. The van der Waals surface area contributed by atoms with Crippen molar-refractivity contribution in [1.82, 2.24) is 10.2 Å². The molecule has 2 aliphatic heterocycles. The highest BCUT2D eigenvalue weighted by Crippen LogP contribution is 2.13. The zero-order valence-electron chi connectivity index (χ0n) is 13.2. The number of ether oxygens (including phenoxy) is 2. The minimum Gasteiger partial charge on any atom is -0.462 e. The molecule has 2 saturated heterocycles. The molecule has 2 rings (SSSR count). The molecule has 0 spiro atoms. The van der Waals surface area contributed by atoms with Crippen LogP contribution in [0.25, 0.3) is 0 Å². The second kappa shape index (κ2) is 9.32. The molecular formula is C15H30N2O3. The smallest absolute Gasteiger partial charge is 0.293 e. The van der Waals surface area contributed by atoms with E-state index in [-0.39, 0.29) is 5.60 Å². The molecule has 0 aromatic heterocycles. The largest absolute Gasteiger partial charge is 0.462 e. The summed E-state index contributed by atoms with van der Waals surface area (Å²) in [5.74, 6) is 0.930. The molecule has 0 bridgehead atoms. The molecular weight excluding hydrogens is 256 g/mol. The maximum absolute atomic E-state index is 9.60. The first-order valence-electron chi connectivity index (χ1n) is 7.63. The monoisotopic (exact) mass is 286 g/mol. The van der Waals surface area contributed by atoms with Crippen LogP contribution in [0.2, 0.25) is 0 Å². The van der Waals surface area contributed by atoms with Gasteiger partial charge in [0.15, 0.2) is 0 Å². The molecule has 0 amide bonds. The Labute approximate surface area is 123 Å². The Hall–Kier alpha value is -0.650. The molecule has 1 N–H and O–H groups in total. The Balaban J connectivity index is 0.000000246. The SMILES string of the molecule is C1CC(CN2CCOCC2)CCN1.CC(C)(C)OC=O. The fourth-order valence-corrected chi connectivity index (χ4v) is 2.36. The molecule has 2 fully saturated rings. The van der Waals surface area contributed by atoms with E-state index in [9.17, 15) is 4.79 Å². The van der Waals surface area contributed by atoms with Crippen LogP contribution in [0.4, 0.5) is 0 Å². The van der Waals surface area contributed by atoms with Gasteiger partial charge in [-0.3, -0.25) is 9.69 Å². The van der Waals surface area contributed by atoms with E-state index >= 15 is 0 Å². The first-order valence-corrected chi connectivity index (χ1v) is 7.63. The molecule has 0 saturated carbocycles. The summed E-state index contributed by atoms with van der Waals surface area (Å²) in [4.78, 5) is 12.2. The highest BCUT2D eigenvalue weighted by molar-refractivity contribution is 5.37. The topological polar surface area (TPSA) is 50.8 Å². The van der Waals surface area contributed by atoms with Gasteiger partial charge in [-0.2, -0.15) is 0 Å². The summed E-state index contributed by atoms with van der Waals surface area (Å²) >= 11 is 0. The second-order valence-electron chi connectivity index (χ2n) is 6.43. The Morgan fingerprint density at radius 2 is 1.85 bits per heavy atom. The van der Waals surface area contributed by atoms with E-state index in [1.807, 2.05) is 20.8 Å². The predicted octanol–water partition coefficient (Wildman–Crippen LogP) is 1.28. The van der Waals surface area contributed by atoms with E-state index in [4.69, 9.17) is 4.74 Å². The van der Waals surface area contributed by atoms with Crippen LogP contribution in [0, 0.1) is 5.92 Å². The van der Waals surface area contributed by atoms with Crippen molar-refractivity contribution >= 4 is 6.47 Å². The van der Waals surface area contributed by atoms with Gasteiger partial charge < -0.3 is 14.8 Å². The second-order valence-corrected chi connectivity index (χ2v) is 6.43. The maximum atomic E-state index is 9.60. The van der Waals surface area contributed by atoms with Gasteiger partial charge in [0.25, 0.3) is 6.47 Å². The van der Waals surface area contributed by atoms with Crippen LogP contribution in [-0.2, 0) is 14.3 Å². The van der Waals surface area contributed by atoms with Crippen molar-refractivity contribution in [2.24, 2.45) is 5.92 Å². The lowest BCUT2D eigenvalue weighted by molar-refractivity contribution is -0.138. The summed E-state index contributed by atoms with van der Waals surface area (Å²) in [7, 11) is 0. The minimum absolute atomic E-state index is 0.318. The maximum Gasteiger partial charge on any atom is 0.293 e. The number of carbonyl (C=O) groups excluding carboxylic acids is 1. The summed E-state index contributed by atoms with van der Waals surface area (Å²) in [5, 5.41) is 3.41. The molecule has 0 radical (unpaired) electrons. The molecule has 2 heterocycles. The van der Waals surface area contributed by atoms with Crippen LogP contribution < -0.4 is 5.32 Å². The van der Waals surface area contributed by atoms with Gasteiger partial charge >= 0.3 is 0 Å². The Morgan fingerprint density at radius 1 is 1.25 bits per heavy atom. The average Bonchev–Trinajstić information content (AvgIpc) is 2.40. The number of carbonyl (C=O) groups is 1. The van der Waals surface area contributed by atoms with Gasteiger partial charge in [0, 0.05) is 19.6 Å². The van der Waals surface area contributed by atoms with Gasteiger partial charge in [-0.05, 0) is 52.6 Å². The summed E-state index contributed by atoms with van der Waals surface area (Å²) in [6.45, 7) is 13.8. The molecule has 2 aliphatic rings. The number of piperidine rings is 1. The molecule has 0 aliphatic carbocycles. The Kier molecular flexibility index (Phi) is 8.11. The van der Waals surface area contributed by atoms with Gasteiger partial charge in [0.2, 0.25) is 0 Å². The third-order valence-corrected chi connectivity index (χ3v) is 3.48. The first kappa shape index (κ1) is 17.4. The number of hydrogen-bond donors (Lipinski definition) is 1. The fourth-order valence-electron chi connectivity index (χ4n) is 2.36. The van der Waals surface area contributed by atoms with Gasteiger partial charge in [-0.25, -0.2) is 0 Å². The lowest BCUT2D eigenvalue weighted by Crippen LogP contribution is -2.41. The highest BCUT2D eigenvalue weighted by atomic mass is 16.5. The molecule has 0 unspecified atom stereocenters. The van der Waals surface area contributed by atoms with Crippen LogP contribution >= 0.6 is 0 Å². The number of hydrogen-bond acceptors (Lipinski definition) is 5. The van der Waals surface area contributed by atoms with E-state index in [0.29, 0.717) is 6.47 Å². The van der Waals surface area contributed by atoms with Crippen LogP contribution in [0.15, 0.2) is 0 Å². The van der Waals surface area contributed by atoms with Crippen molar-refractivity contribution in [3.63, 3.8) is 0 Å². The lowest BCUT2D eigenvalue weighted by atomic mass is 9.97. The van der Waals surface area contributed by atoms with Crippen LogP contribution in [-0.4, -0.2) is 62.9 Å². The van der Waals surface area contributed by atoms with Crippen molar-refractivity contribution in [2.75, 3.05) is 45.9 Å². The summed E-state index contributed by atoms with van der Waals surface area (Å²) in [6.07, 6.45) is 2.72. The van der Waals surface area contributed by atoms with E-state index in [2.05, 4.69) is 15.0 Å². The number of morpholine rings is 1. The van der Waals surface area contributed by atoms with E-state index < -0.39 is 0 Å².